The van der Waals surface area contributed by atoms with Gasteiger partial charge in [0.05, 0.1) is 19.6 Å². The number of hydrogen-bond donors (Lipinski definition) is 2. The number of primary amides is 1. The second-order valence-electron chi connectivity index (χ2n) is 5.34. The van der Waals surface area contributed by atoms with Crippen molar-refractivity contribution >= 4 is 29.6 Å². The van der Waals surface area contributed by atoms with Gasteiger partial charge in [-0.2, -0.15) is 10.4 Å². The highest BCUT2D eigenvalue weighted by Gasteiger charge is 2.46. The summed E-state index contributed by atoms with van der Waals surface area (Å²) in [7, 11) is 1.14. The summed E-state index contributed by atoms with van der Waals surface area (Å²) < 4.78 is 21.6. The monoisotopic (exact) mass is 358 g/mol. The normalized spacial score (nSPS) is 24.2. The van der Waals surface area contributed by atoms with E-state index in [1.807, 2.05) is 6.07 Å². The number of nitrogens with two attached hydrogens (primary N) is 1. The Kier molecular flexibility index (Phi) is 5.26. The Morgan fingerprint density at radius 2 is 2.42 bits per heavy atom. The fourth-order valence-electron chi connectivity index (χ4n) is 2.60. The number of nitriles is 1. The molecule has 0 aromatic carbocycles. The second-order valence-corrected chi connectivity index (χ2v) is 5.82. The maximum Gasteiger partial charge on any atom is 0.412 e. The minimum Gasteiger partial charge on any atom is -0.453 e. The molecule has 1 saturated heterocycles. The number of methoxy groups -OCH3 is 1. The van der Waals surface area contributed by atoms with Crippen molar-refractivity contribution < 1.29 is 18.7 Å². The van der Waals surface area contributed by atoms with Crippen molar-refractivity contribution in [3.05, 3.63) is 11.8 Å². The number of aromatic nitrogens is 2. The standard InChI is InChI=1S/C13H16ClFN6O3/c1-24-12(23)18-11-8(10(17)22)6-21(19-11)13(2-4-16)3-5-20(14)7-9(13)15/h6,9H,2-3,5,7H2,1H3,(H2,17,22)(H,18,19,23). The summed E-state index contributed by atoms with van der Waals surface area (Å²) in [5.41, 5.74) is 3.86. The number of nitrogens with one attached hydrogen (secondary N) is 1. The van der Waals surface area contributed by atoms with E-state index in [0.717, 1.165) is 7.11 Å². The number of carbonyl (C=O) groups is 2. The maximum absolute atomic E-state index is 14.7. The molecule has 0 spiro atoms. The van der Waals surface area contributed by atoms with Crippen molar-refractivity contribution in [1.29, 1.82) is 5.26 Å². The highest BCUT2D eigenvalue weighted by atomic mass is 35.5. The number of piperidine rings is 1. The summed E-state index contributed by atoms with van der Waals surface area (Å²) in [5, 5.41) is 15.4. The van der Waals surface area contributed by atoms with Gasteiger partial charge in [0.2, 0.25) is 0 Å². The second kappa shape index (κ2) is 7.02. The molecule has 11 heteroatoms. The van der Waals surface area contributed by atoms with Crippen LogP contribution in [-0.4, -0.2) is 52.6 Å². The van der Waals surface area contributed by atoms with Crippen LogP contribution in [0.5, 0.6) is 0 Å². The van der Waals surface area contributed by atoms with Gasteiger partial charge in [-0.15, -0.1) is 0 Å². The lowest BCUT2D eigenvalue weighted by atomic mass is 9.84. The highest BCUT2D eigenvalue weighted by Crippen LogP contribution is 2.37. The summed E-state index contributed by atoms with van der Waals surface area (Å²) in [6.07, 6.45) is -1.12. The van der Waals surface area contributed by atoms with E-state index in [2.05, 4.69) is 15.2 Å². The maximum atomic E-state index is 14.7. The summed E-state index contributed by atoms with van der Waals surface area (Å²) in [6, 6.07) is 1.94. The van der Waals surface area contributed by atoms with Crippen LogP contribution in [0.2, 0.25) is 0 Å². The molecule has 24 heavy (non-hydrogen) atoms. The molecular formula is C13H16ClFN6O3. The van der Waals surface area contributed by atoms with Gasteiger partial charge < -0.3 is 10.5 Å². The summed E-state index contributed by atoms with van der Waals surface area (Å²) in [5.74, 6) is -1.02. The van der Waals surface area contributed by atoms with E-state index in [1.165, 1.54) is 15.3 Å². The van der Waals surface area contributed by atoms with Gasteiger partial charge in [-0.3, -0.25) is 14.8 Å². The van der Waals surface area contributed by atoms with Crippen molar-refractivity contribution in [2.75, 3.05) is 25.5 Å². The molecule has 1 fully saturated rings. The molecule has 0 saturated carbocycles. The number of amides is 2. The van der Waals surface area contributed by atoms with Gasteiger partial charge in [-0.1, -0.05) is 0 Å². The van der Waals surface area contributed by atoms with Crippen molar-refractivity contribution in [3.63, 3.8) is 0 Å². The molecule has 2 atom stereocenters. The predicted octanol–water partition coefficient (Wildman–Crippen LogP) is 0.967. The minimum absolute atomic E-state index is 0.102. The van der Waals surface area contributed by atoms with E-state index in [4.69, 9.17) is 22.8 Å². The fraction of sp³-hybridized carbons (Fsp3) is 0.538. The molecule has 1 aromatic heterocycles. The molecule has 1 aliphatic rings. The number of carbonyl (C=O) groups excluding carboxylic acids is 2. The van der Waals surface area contributed by atoms with Crippen molar-refractivity contribution in [2.24, 2.45) is 5.73 Å². The summed E-state index contributed by atoms with van der Waals surface area (Å²) in [4.78, 5) is 22.9. The first-order valence-electron chi connectivity index (χ1n) is 7.00. The Bertz CT molecular complexity index is 690. The van der Waals surface area contributed by atoms with Gasteiger partial charge in [0.25, 0.3) is 5.91 Å². The Labute approximate surface area is 142 Å². The fourth-order valence-corrected chi connectivity index (χ4v) is 2.81. The molecule has 9 nitrogen and oxygen atoms in total. The zero-order valence-electron chi connectivity index (χ0n) is 12.8. The van der Waals surface area contributed by atoms with Crippen LogP contribution in [0.15, 0.2) is 6.20 Å². The van der Waals surface area contributed by atoms with Gasteiger partial charge in [0.1, 0.15) is 17.3 Å². The van der Waals surface area contributed by atoms with Crippen LogP contribution in [0.25, 0.3) is 0 Å². The largest absolute Gasteiger partial charge is 0.453 e. The number of alkyl halides is 1. The van der Waals surface area contributed by atoms with E-state index in [9.17, 15) is 14.0 Å². The van der Waals surface area contributed by atoms with E-state index < -0.39 is 23.7 Å². The average Bonchev–Trinajstić information content (AvgIpc) is 2.94. The predicted molar refractivity (Wildman–Crippen MR) is 81.9 cm³/mol. The topological polar surface area (TPSA) is 126 Å². The van der Waals surface area contributed by atoms with E-state index in [-0.39, 0.29) is 30.8 Å². The number of rotatable bonds is 4. The van der Waals surface area contributed by atoms with Gasteiger partial charge in [0.15, 0.2) is 5.82 Å². The average molecular weight is 359 g/mol. The van der Waals surface area contributed by atoms with Crippen LogP contribution in [-0.2, 0) is 10.3 Å². The SMILES string of the molecule is COC(=O)Nc1nn(C2(CC#N)CCN(Cl)CC2F)cc1C(N)=O. The number of anilines is 1. The molecule has 2 amide bonds. The van der Waals surface area contributed by atoms with E-state index in [1.54, 1.807) is 0 Å². The first kappa shape index (κ1) is 18.0. The molecule has 2 heterocycles. The van der Waals surface area contributed by atoms with Crippen LogP contribution >= 0.6 is 11.8 Å². The molecule has 0 radical (unpaired) electrons. The molecule has 3 N–H and O–H groups in total. The van der Waals surface area contributed by atoms with Crippen LogP contribution < -0.4 is 11.1 Å². The zero-order valence-corrected chi connectivity index (χ0v) is 13.6. The zero-order chi connectivity index (χ0) is 17.9. The molecule has 1 aliphatic heterocycles. The molecule has 2 rings (SSSR count). The Morgan fingerprint density at radius 3 is 2.96 bits per heavy atom. The molecule has 0 bridgehead atoms. The van der Waals surface area contributed by atoms with Gasteiger partial charge >= 0.3 is 6.09 Å². The third-order valence-electron chi connectivity index (χ3n) is 3.96. The minimum atomic E-state index is -1.50. The number of hydrogen-bond acceptors (Lipinski definition) is 6. The first-order chi connectivity index (χ1) is 11.3. The summed E-state index contributed by atoms with van der Waals surface area (Å²) >= 11 is 5.83. The molecule has 2 unspecified atom stereocenters. The Balaban J connectivity index is 2.48. The third-order valence-corrected chi connectivity index (χ3v) is 4.26. The van der Waals surface area contributed by atoms with Gasteiger partial charge in [0, 0.05) is 19.3 Å². The van der Waals surface area contributed by atoms with Crippen LogP contribution in [0, 0.1) is 11.3 Å². The van der Waals surface area contributed by atoms with Crippen LogP contribution in [0.3, 0.4) is 0 Å². The van der Waals surface area contributed by atoms with Gasteiger partial charge in [-0.05, 0) is 18.2 Å². The summed E-state index contributed by atoms with van der Waals surface area (Å²) in [6.45, 7) is 0.226. The molecule has 130 valence electrons. The lowest BCUT2D eigenvalue weighted by Crippen LogP contribution is -2.52. The first-order valence-corrected chi connectivity index (χ1v) is 7.34. The number of nitrogens with zero attached hydrogens (tertiary/aromatic N) is 4. The molecular weight excluding hydrogens is 343 g/mol. The Morgan fingerprint density at radius 1 is 1.71 bits per heavy atom. The molecule has 1 aromatic rings. The molecule has 0 aliphatic carbocycles. The van der Waals surface area contributed by atoms with Crippen LogP contribution in [0.1, 0.15) is 23.2 Å². The highest BCUT2D eigenvalue weighted by molar-refractivity contribution is 6.13. The Hall–Kier alpha value is -2.38. The van der Waals surface area contributed by atoms with Crippen molar-refractivity contribution in [3.8, 4) is 6.07 Å². The number of halogens is 2. The van der Waals surface area contributed by atoms with Crippen molar-refractivity contribution in [2.45, 2.75) is 24.6 Å². The lowest BCUT2D eigenvalue weighted by Gasteiger charge is -2.41. The number of ether oxygens (including phenoxy) is 1. The van der Waals surface area contributed by atoms with Gasteiger partial charge in [-0.25, -0.2) is 13.6 Å². The van der Waals surface area contributed by atoms with Crippen LogP contribution in [0.4, 0.5) is 15.0 Å². The van der Waals surface area contributed by atoms with E-state index >= 15 is 0 Å². The van der Waals surface area contributed by atoms with E-state index in [0.29, 0.717) is 6.54 Å². The lowest BCUT2D eigenvalue weighted by molar-refractivity contribution is 0.0398. The quantitative estimate of drug-likeness (QED) is 0.772. The third kappa shape index (κ3) is 3.27. The smallest absolute Gasteiger partial charge is 0.412 e. The van der Waals surface area contributed by atoms with Crippen molar-refractivity contribution in [1.82, 2.24) is 14.2 Å².